The molecule has 1 aromatic rings. The van der Waals surface area contributed by atoms with Crippen LogP contribution >= 0.6 is 12.4 Å². The van der Waals surface area contributed by atoms with Gasteiger partial charge in [-0.25, -0.2) is 0 Å². The van der Waals surface area contributed by atoms with E-state index in [2.05, 4.69) is 6.92 Å². The van der Waals surface area contributed by atoms with Crippen molar-refractivity contribution in [3.8, 4) is 5.75 Å². The molecule has 3 rings (SSSR count). The quantitative estimate of drug-likeness (QED) is 0.867. The average molecular weight is 369 g/mol. The zero-order valence-electron chi connectivity index (χ0n) is 14.9. The zero-order valence-corrected chi connectivity index (χ0v) is 15.7. The minimum atomic E-state index is 0. The van der Waals surface area contributed by atoms with Crippen LogP contribution in [0.4, 0.5) is 0 Å². The Bertz CT molecular complexity index is 536. The first-order chi connectivity index (χ1) is 11.6. The second kappa shape index (κ2) is 9.41. The minimum absolute atomic E-state index is 0. The number of carbonyl (C=O) groups excluding carboxylic acids is 1. The highest BCUT2D eigenvalue weighted by molar-refractivity contribution is 5.94. The molecule has 2 N–H and O–H groups in total. The molecule has 140 valence electrons. The molecular formula is C19H29ClN2O3. The highest BCUT2D eigenvalue weighted by Crippen LogP contribution is 2.22. The molecular weight excluding hydrogens is 340 g/mol. The SMILES string of the molecule is CC(N)C1CCN(C(=O)c2ccc(OCC3CCCO3)cc2)CC1.Cl. The van der Waals surface area contributed by atoms with E-state index >= 15 is 0 Å². The first-order valence-corrected chi connectivity index (χ1v) is 9.03. The summed E-state index contributed by atoms with van der Waals surface area (Å²) in [6.07, 6.45) is 4.37. The number of rotatable bonds is 5. The summed E-state index contributed by atoms with van der Waals surface area (Å²) in [6, 6.07) is 7.66. The van der Waals surface area contributed by atoms with Crippen molar-refractivity contribution >= 4 is 18.3 Å². The van der Waals surface area contributed by atoms with Crippen molar-refractivity contribution < 1.29 is 14.3 Å². The van der Waals surface area contributed by atoms with Crippen molar-refractivity contribution in [1.29, 1.82) is 0 Å². The number of amides is 1. The predicted molar refractivity (Wildman–Crippen MR) is 100 cm³/mol. The summed E-state index contributed by atoms with van der Waals surface area (Å²) in [4.78, 5) is 14.5. The fraction of sp³-hybridized carbons (Fsp3) is 0.632. The van der Waals surface area contributed by atoms with Crippen LogP contribution in [0.5, 0.6) is 5.75 Å². The van der Waals surface area contributed by atoms with Crippen LogP contribution in [0.2, 0.25) is 0 Å². The molecule has 0 bridgehead atoms. The van der Waals surface area contributed by atoms with E-state index in [0.717, 1.165) is 56.7 Å². The Hall–Kier alpha value is -1.30. The predicted octanol–water partition coefficient (Wildman–Crippen LogP) is 2.87. The number of likely N-dealkylation sites (tertiary alicyclic amines) is 1. The van der Waals surface area contributed by atoms with E-state index in [9.17, 15) is 4.79 Å². The van der Waals surface area contributed by atoms with Crippen LogP contribution in [0.3, 0.4) is 0 Å². The number of nitrogens with zero attached hydrogens (tertiary/aromatic N) is 1. The van der Waals surface area contributed by atoms with E-state index in [1.165, 1.54) is 0 Å². The molecule has 0 saturated carbocycles. The highest BCUT2D eigenvalue weighted by Gasteiger charge is 2.25. The standard InChI is InChI=1S/C19H28N2O3.ClH/c1-14(20)15-8-10-21(11-9-15)19(22)16-4-6-17(7-5-16)24-13-18-3-2-12-23-18;/h4-7,14-15,18H,2-3,8-13,20H2,1H3;1H. The van der Waals surface area contributed by atoms with Crippen molar-refractivity contribution in [2.75, 3.05) is 26.3 Å². The summed E-state index contributed by atoms with van der Waals surface area (Å²) in [5.74, 6) is 1.42. The summed E-state index contributed by atoms with van der Waals surface area (Å²) in [7, 11) is 0. The third-order valence-electron chi connectivity index (χ3n) is 5.13. The Morgan fingerprint density at radius 3 is 2.52 bits per heavy atom. The molecule has 0 aromatic heterocycles. The van der Waals surface area contributed by atoms with Gasteiger partial charge >= 0.3 is 0 Å². The second-order valence-corrected chi connectivity index (χ2v) is 6.96. The molecule has 25 heavy (non-hydrogen) atoms. The number of hydrogen-bond donors (Lipinski definition) is 1. The van der Waals surface area contributed by atoms with Gasteiger partial charge in [0.2, 0.25) is 0 Å². The van der Waals surface area contributed by atoms with Gasteiger partial charge in [-0.3, -0.25) is 4.79 Å². The molecule has 2 atom stereocenters. The number of benzene rings is 1. The van der Waals surface area contributed by atoms with Gasteiger partial charge in [0.15, 0.2) is 0 Å². The molecule has 2 aliphatic heterocycles. The van der Waals surface area contributed by atoms with Crippen LogP contribution in [-0.2, 0) is 4.74 Å². The third kappa shape index (κ3) is 5.33. The molecule has 0 spiro atoms. The fourth-order valence-electron chi connectivity index (χ4n) is 3.47. The van der Waals surface area contributed by atoms with Crippen LogP contribution < -0.4 is 10.5 Å². The molecule has 2 heterocycles. The molecule has 2 saturated heterocycles. The Balaban J connectivity index is 0.00000225. The van der Waals surface area contributed by atoms with Crippen LogP contribution in [0.1, 0.15) is 43.0 Å². The van der Waals surface area contributed by atoms with E-state index < -0.39 is 0 Å². The molecule has 0 radical (unpaired) electrons. The number of halogens is 1. The molecule has 2 aliphatic rings. The van der Waals surface area contributed by atoms with Gasteiger partial charge in [0, 0.05) is 31.3 Å². The number of nitrogens with two attached hydrogens (primary N) is 1. The zero-order chi connectivity index (χ0) is 16.9. The highest BCUT2D eigenvalue weighted by atomic mass is 35.5. The number of ether oxygens (including phenoxy) is 2. The van der Waals surface area contributed by atoms with Gasteiger partial charge in [0.25, 0.3) is 5.91 Å². The van der Waals surface area contributed by atoms with Gasteiger partial charge in [-0.1, -0.05) is 0 Å². The molecule has 5 nitrogen and oxygen atoms in total. The van der Waals surface area contributed by atoms with E-state index in [1.807, 2.05) is 29.2 Å². The first kappa shape index (κ1) is 20.0. The van der Waals surface area contributed by atoms with Gasteiger partial charge in [-0.05, 0) is 62.8 Å². The lowest BCUT2D eigenvalue weighted by molar-refractivity contribution is 0.0671. The molecule has 0 aliphatic carbocycles. The molecule has 1 aromatic carbocycles. The van der Waals surface area contributed by atoms with E-state index in [0.29, 0.717) is 12.5 Å². The van der Waals surface area contributed by atoms with Gasteiger partial charge in [0.05, 0.1) is 6.10 Å². The van der Waals surface area contributed by atoms with Gasteiger partial charge in [-0.2, -0.15) is 0 Å². The lowest BCUT2D eigenvalue weighted by Gasteiger charge is -2.33. The normalized spacial score (nSPS) is 22.3. The lowest BCUT2D eigenvalue weighted by atomic mass is 9.90. The molecule has 6 heteroatoms. The van der Waals surface area contributed by atoms with Crippen molar-refractivity contribution in [2.24, 2.45) is 11.7 Å². The fourth-order valence-corrected chi connectivity index (χ4v) is 3.47. The minimum Gasteiger partial charge on any atom is -0.491 e. The van der Waals surface area contributed by atoms with E-state index in [-0.39, 0.29) is 30.5 Å². The van der Waals surface area contributed by atoms with Gasteiger partial charge in [-0.15, -0.1) is 12.4 Å². The summed E-state index contributed by atoms with van der Waals surface area (Å²) >= 11 is 0. The number of carbonyl (C=O) groups is 1. The van der Waals surface area contributed by atoms with Crippen LogP contribution in [-0.4, -0.2) is 49.3 Å². The number of piperidine rings is 1. The molecule has 2 unspecified atom stereocenters. The van der Waals surface area contributed by atoms with Crippen molar-refractivity contribution in [2.45, 2.75) is 44.8 Å². The second-order valence-electron chi connectivity index (χ2n) is 6.96. The maximum atomic E-state index is 12.6. The van der Waals surface area contributed by atoms with E-state index in [1.54, 1.807) is 0 Å². The Morgan fingerprint density at radius 1 is 1.28 bits per heavy atom. The lowest BCUT2D eigenvalue weighted by Crippen LogP contribution is -2.42. The van der Waals surface area contributed by atoms with E-state index in [4.69, 9.17) is 15.2 Å². The Labute approximate surface area is 156 Å². The van der Waals surface area contributed by atoms with Crippen molar-refractivity contribution in [1.82, 2.24) is 4.90 Å². The maximum Gasteiger partial charge on any atom is 0.253 e. The van der Waals surface area contributed by atoms with Crippen LogP contribution in [0.15, 0.2) is 24.3 Å². The largest absolute Gasteiger partial charge is 0.491 e. The maximum absolute atomic E-state index is 12.6. The van der Waals surface area contributed by atoms with Gasteiger partial charge < -0.3 is 20.1 Å². The van der Waals surface area contributed by atoms with Crippen molar-refractivity contribution in [3.05, 3.63) is 29.8 Å². The molecule has 1 amide bonds. The first-order valence-electron chi connectivity index (χ1n) is 9.03. The topological polar surface area (TPSA) is 64.8 Å². The van der Waals surface area contributed by atoms with Crippen LogP contribution in [0, 0.1) is 5.92 Å². The third-order valence-corrected chi connectivity index (χ3v) is 5.13. The Kier molecular flexibility index (Phi) is 7.54. The smallest absolute Gasteiger partial charge is 0.253 e. The summed E-state index contributed by atoms with van der Waals surface area (Å²) in [6.45, 7) is 5.06. The van der Waals surface area contributed by atoms with Crippen molar-refractivity contribution in [3.63, 3.8) is 0 Å². The molecule has 2 fully saturated rings. The van der Waals surface area contributed by atoms with Gasteiger partial charge in [0.1, 0.15) is 12.4 Å². The number of hydrogen-bond acceptors (Lipinski definition) is 4. The Morgan fingerprint density at radius 2 is 1.96 bits per heavy atom. The summed E-state index contributed by atoms with van der Waals surface area (Å²) in [5, 5.41) is 0. The van der Waals surface area contributed by atoms with Crippen LogP contribution in [0.25, 0.3) is 0 Å². The average Bonchev–Trinajstić information content (AvgIpc) is 3.13. The summed E-state index contributed by atoms with van der Waals surface area (Å²) < 4.78 is 11.3. The monoisotopic (exact) mass is 368 g/mol. The summed E-state index contributed by atoms with van der Waals surface area (Å²) in [5.41, 5.74) is 6.68.